The van der Waals surface area contributed by atoms with Crippen LogP contribution >= 0.6 is 15.9 Å². The maximum absolute atomic E-state index is 10.8. The number of hydrogen-bond donors (Lipinski definition) is 1. The Bertz CT molecular complexity index is 905. The van der Waals surface area contributed by atoms with Crippen molar-refractivity contribution in [2.75, 3.05) is 13.2 Å². The van der Waals surface area contributed by atoms with E-state index in [0.717, 1.165) is 15.8 Å². The molecule has 0 aliphatic rings. The first-order valence-electron chi connectivity index (χ1n) is 7.90. The van der Waals surface area contributed by atoms with Crippen molar-refractivity contribution >= 4 is 21.9 Å². The molecule has 134 valence electrons. The summed E-state index contributed by atoms with van der Waals surface area (Å²) in [6.07, 6.45) is 1.52. The van der Waals surface area contributed by atoms with E-state index in [-0.39, 0.29) is 0 Å². The van der Waals surface area contributed by atoms with Gasteiger partial charge in [0.15, 0.2) is 6.61 Å². The lowest BCUT2D eigenvalue weighted by Gasteiger charge is -2.08. The first-order chi connectivity index (χ1) is 12.6. The first kappa shape index (κ1) is 18.0. The van der Waals surface area contributed by atoms with Crippen molar-refractivity contribution in [2.45, 2.75) is 6.92 Å². The summed E-state index contributed by atoms with van der Waals surface area (Å²) in [5, 5.41) is 8.83. The van der Waals surface area contributed by atoms with E-state index in [4.69, 9.17) is 19.0 Å². The quantitative estimate of drug-likeness (QED) is 0.603. The Morgan fingerprint density at radius 2 is 1.96 bits per heavy atom. The van der Waals surface area contributed by atoms with Crippen LogP contribution in [0, 0.1) is 0 Å². The van der Waals surface area contributed by atoms with E-state index in [1.807, 2.05) is 31.2 Å². The Morgan fingerprint density at radius 3 is 2.65 bits per heavy atom. The standard InChI is InChI=1S/C19H16BrNO5/c1-2-24-14-6-3-12(4-7-14)19-21-16(10-26-19)15-9-13(20)5-8-17(15)25-11-18(22)23/h3-10H,2,11H2,1H3,(H,22,23). The molecule has 1 N–H and O–H groups in total. The second-order valence-electron chi connectivity index (χ2n) is 5.32. The number of oxazole rings is 1. The summed E-state index contributed by atoms with van der Waals surface area (Å²) in [6, 6.07) is 12.7. The molecule has 0 aliphatic carbocycles. The SMILES string of the molecule is CCOc1ccc(-c2nc(-c3cc(Br)ccc3OCC(=O)O)co2)cc1. The molecule has 0 saturated carbocycles. The monoisotopic (exact) mass is 417 g/mol. The van der Waals surface area contributed by atoms with Gasteiger partial charge >= 0.3 is 5.97 Å². The number of carboxylic acids is 1. The number of aliphatic carboxylic acids is 1. The Balaban J connectivity index is 1.89. The number of carboxylic acid groups (broad SMARTS) is 1. The van der Waals surface area contributed by atoms with Crippen molar-refractivity contribution < 1.29 is 23.8 Å². The van der Waals surface area contributed by atoms with Gasteiger partial charge in [-0.15, -0.1) is 0 Å². The molecular weight excluding hydrogens is 402 g/mol. The lowest BCUT2D eigenvalue weighted by atomic mass is 10.1. The van der Waals surface area contributed by atoms with E-state index >= 15 is 0 Å². The summed E-state index contributed by atoms with van der Waals surface area (Å²) in [4.78, 5) is 15.3. The Morgan fingerprint density at radius 1 is 1.19 bits per heavy atom. The third-order valence-corrected chi connectivity index (χ3v) is 3.98. The Labute approximate surface area is 158 Å². The van der Waals surface area contributed by atoms with Gasteiger partial charge in [-0.25, -0.2) is 9.78 Å². The van der Waals surface area contributed by atoms with Gasteiger partial charge in [0.1, 0.15) is 23.5 Å². The van der Waals surface area contributed by atoms with Crippen LogP contribution in [-0.4, -0.2) is 29.3 Å². The number of halogens is 1. The van der Waals surface area contributed by atoms with E-state index in [1.54, 1.807) is 18.2 Å². The minimum atomic E-state index is -1.05. The third-order valence-electron chi connectivity index (χ3n) is 3.49. The van der Waals surface area contributed by atoms with Crippen molar-refractivity contribution in [2.24, 2.45) is 0 Å². The maximum Gasteiger partial charge on any atom is 0.341 e. The second-order valence-corrected chi connectivity index (χ2v) is 6.23. The van der Waals surface area contributed by atoms with Gasteiger partial charge in [0.25, 0.3) is 0 Å². The number of rotatable bonds is 7. The van der Waals surface area contributed by atoms with E-state index in [0.29, 0.717) is 29.5 Å². The zero-order chi connectivity index (χ0) is 18.5. The number of carbonyl (C=O) groups is 1. The normalized spacial score (nSPS) is 10.5. The minimum Gasteiger partial charge on any atom is -0.494 e. The molecule has 0 unspecified atom stereocenters. The summed E-state index contributed by atoms with van der Waals surface area (Å²) < 4.78 is 17.2. The molecule has 0 atom stereocenters. The lowest BCUT2D eigenvalue weighted by Crippen LogP contribution is -2.10. The van der Waals surface area contributed by atoms with Gasteiger partial charge in [-0.3, -0.25) is 0 Å². The van der Waals surface area contributed by atoms with Gasteiger partial charge in [0, 0.05) is 15.6 Å². The summed E-state index contributed by atoms with van der Waals surface area (Å²) in [5.74, 6) is 0.600. The van der Waals surface area contributed by atoms with Crippen LogP contribution in [0.25, 0.3) is 22.7 Å². The molecule has 1 heterocycles. The third kappa shape index (κ3) is 4.23. The fourth-order valence-electron chi connectivity index (χ4n) is 2.36. The van der Waals surface area contributed by atoms with Gasteiger partial charge in [0.2, 0.25) is 5.89 Å². The largest absolute Gasteiger partial charge is 0.494 e. The van der Waals surface area contributed by atoms with Crippen LogP contribution in [0.3, 0.4) is 0 Å². The van der Waals surface area contributed by atoms with Crippen LogP contribution in [-0.2, 0) is 4.79 Å². The summed E-state index contributed by atoms with van der Waals surface area (Å²) >= 11 is 3.40. The predicted molar refractivity (Wildman–Crippen MR) is 99.4 cm³/mol. The van der Waals surface area contributed by atoms with Gasteiger partial charge in [0.05, 0.1) is 6.61 Å². The van der Waals surface area contributed by atoms with Gasteiger partial charge in [-0.05, 0) is 49.4 Å². The predicted octanol–water partition coefficient (Wildman–Crippen LogP) is 4.63. The molecule has 26 heavy (non-hydrogen) atoms. The highest BCUT2D eigenvalue weighted by Gasteiger charge is 2.14. The Kier molecular flexibility index (Phi) is 5.58. The van der Waals surface area contributed by atoms with E-state index in [9.17, 15) is 4.79 Å². The molecule has 0 amide bonds. The average Bonchev–Trinajstić information content (AvgIpc) is 3.11. The van der Waals surface area contributed by atoms with Crippen LogP contribution in [0.1, 0.15) is 6.92 Å². The zero-order valence-corrected chi connectivity index (χ0v) is 15.5. The number of aromatic nitrogens is 1. The molecule has 0 fully saturated rings. The van der Waals surface area contributed by atoms with Gasteiger partial charge in [-0.1, -0.05) is 15.9 Å². The summed E-state index contributed by atoms with van der Waals surface area (Å²) in [7, 11) is 0. The number of nitrogens with zero attached hydrogens (tertiary/aromatic N) is 1. The first-order valence-corrected chi connectivity index (χ1v) is 8.69. The Hall–Kier alpha value is -2.80. The van der Waals surface area contributed by atoms with Crippen molar-refractivity contribution in [3.63, 3.8) is 0 Å². The van der Waals surface area contributed by atoms with Crippen LogP contribution in [0.2, 0.25) is 0 Å². The molecule has 0 bridgehead atoms. The molecule has 0 saturated heterocycles. The zero-order valence-electron chi connectivity index (χ0n) is 13.9. The van der Waals surface area contributed by atoms with Gasteiger partial charge < -0.3 is 19.0 Å². The molecule has 0 aliphatic heterocycles. The van der Waals surface area contributed by atoms with Crippen LogP contribution in [0.15, 0.2) is 57.6 Å². The highest BCUT2D eigenvalue weighted by Crippen LogP contribution is 2.34. The smallest absolute Gasteiger partial charge is 0.341 e. The van der Waals surface area contributed by atoms with Crippen LogP contribution in [0.4, 0.5) is 0 Å². The fourth-order valence-corrected chi connectivity index (χ4v) is 2.72. The molecule has 1 aromatic heterocycles. The van der Waals surface area contributed by atoms with Crippen molar-refractivity contribution in [1.82, 2.24) is 4.98 Å². The maximum atomic E-state index is 10.8. The average molecular weight is 418 g/mol. The highest BCUT2D eigenvalue weighted by molar-refractivity contribution is 9.10. The van der Waals surface area contributed by atoms with E-state index in [1.165, 1.54) is 6.26 Å². The summed E-state index contributed by atoms with van der Waals surface area (Å²) in [5.41, 5.74) is 2.00. The fraction of sp³-hybridized carbons (Fsp3) is 0.158. The van der Waals surface area contributed by atoms with Gasteiger partial charge in [-0.2, -0.15) is 0 Å². The molecule has 6 nitrogen and oxygen atoms in total. The topological polar surface area (TPSA) is 81.8 Å². The lowest BCUT2D eigenvalue weighted by molar-refractivity contribution is -0.139. The van der Waals surface area contributed by atoms with Crippen LogP contribution in [0.5, 0.6) is 11.5 Å². The van der Waals surface area contributed by atoms with Crippen molar-refractivity contribution in [3.8, 4) is 34.2 Å². The molecular formula is C19H16BrNO5. The minimum absolute atomic E-state index is 0.419. The molecule has 7 heteroatoms. The van der Waals surface area contributed by atoms with E-state index < -0.39 is 12.6 Å². The number of ether oxygens (including phenoxy) is 2. The molecule has 3 rings (SSSR count). The number of hydrogen-bond acceptors (Lipinski definition) is 5. The van der Waals surface area contributed by atoms with Crippen molar-refractivity contribution in [3.05, 3.63) is 53.2 Å². The second kappa shape index (κ2) is 8.05. The molecule has 0 spiro atoms. The van der Waals surface area contributed by atoms with E-state index in [2.05, 4.69) is 20.9 Å². The van der Waals surface area contributed by atoms with Crippen LogP contribution < -0.4 is 9.47 Å². The molecule has 3 aromatic rings. The summed E-state index contributed by atoms with van der Waals surface area (Å²) in [6.45, 7) is 2.10. The number of benzene rings is 2. The molecule has 0 radical (unpaired) electrons. The van der Waals surface area contributed by atoms with Crippen molar-refractivity contribution in [1.29, 1.82) is 0 Å². The molecule has 2 aromatic carbocycles. The highest BCUT2D eigenvalue weighted by atomic mass is 79.9.